The summed E-state index contributed by atoms with van der Waals surface area (Å²) in [6.45, 7) is -0.257. The van der Waals surface area contributed by atoms with Gasteiger partial charge < -0.3 is 20.7 Å². The molecule has 3 rings (SSSR count). The lowest BCUT2D eigenvalue weighted by Gasteiger charge is -2.19. The van der Waals surface area contributed by atoms with Crippen molar-refractivity contribution in [2.24, 2.45) is 5.73 Å². The lowest BCUT2D eigenvalue weighted by Crippen LogP contribution is -2.43. The van der Waals surface area contributed by atoms with Crippen molar-refractivity contribution in [3.8, 4) is 11.8 Å². The summed E-state index contributed by atoms with van der Waals surface area (Å²) in [5, 5.41) is 12.0. The number of pyridine rings is 1. The van der Waals surface area contributed by atoms with Gasteiger partial charge in [-0.1, -0.05) is 0 Å². The molecule has 1 unspecified atom stereocenters. The van der Waals surface area contributed by atoms with Crippen LogP contribution in [-0.2, 0) is 4.79 Å². The van der Waals surface area contributed by atoms with Crippen LogP contribution in [0.2, 0.25) is 0 Å². The van der Waals surface area contributed by atoms with E-state index in [1.54, 1.807) is 24.3 Å². The van der Waals surface area contributed by atoms with Crippen LogP contribution < -0.4 is 15.8 Å². The Hall–Kier alpha value is -3.32. The third kappa shape index (κ3) is 5.44. The molecule has 1 fully saturated rings. The van der Waals surface area contributed by atoms with Crippen LogP contribution in [0, 0.1) is 11.3 Å². The van der Waals surface area contributed by atoms with Crippen LogP contribution in [0.3, 0.4) is 0 Å². The number of nitrogens with two attached hydrogens (primary N) is 1. The van der Waals surface area contributed by atoms with E-state index >= 15 is 0 Å². The average molecular weight is 431 g/mol. The number of hydrogen-bond acceptors (Lipinski definition) is 6. The molecule has 1 aliphatic rings. The normalized spacial score (nSPS) is 17.4. The van der Waals surface area contributed by atoms with E-state index in [0.29, 0.717) is 29.8 Å². The summed E-state index contributed by atoms with van der Waals surface area (Å²) in [6, 6.07) is 7.16. The van der Waals surface area contributed by atoms with Crippen LogP contribution in [0.25, 0.3) is 10.9 Å². The molecule has 1 aromatic heterocycles. The maximum Gasteiger partial charge on any atom is 0.268 e. The van der Waals surface area contributed by atoms with E-state index in [1.807, 2.05) is 0 Å². The molecule has 1 aromatic carbocycles. The number of carbonyl (C=O) groups is 2. The van der Waals surface area contributed by atoms with Gasteiger partial charge in [0.1, 0.15) is 11.8 Å². The first-order chi connectivity index (χ1) is 14.8. The summed E-state index contributed by atoms with van der Waals surface area (Å²) in [5.41, 5.74) is 6.30. The number of unbranched alkanes of at least 4 members (excludes halogenated alkanes) is 1. The highest BCUT2D eigenvalue weighted by Crippen LogP contribution is 2.31. The average Bonchev–Trinajstić information content (AvgIpc) is 3.09. The molecule has 0 saturated carbocycles. The van der Waals surface area contributed by atoms with Crippen molar-refractivity contribution in [2.75, 3.05) is 26.2 Å². The smallest absolute Gasteiger partial charge is 0.268 e. The second-order valence-corrected chi connectivity index (χ2v) is 7.29. The number of aromatic nitrogens is 1. The summed E-state index contributed by atoms with van der Waals surface area (Å²) in [4.78, 5) is 30.0. The van der Waals surface area contributed by atoms with E-state index in [-0.39, 0.29) is 5.56 Å². The molecule has 164 valence electrons. The van der Waals surface area contributed by atoms with Crippen molar-refractivity contribution >= 4 is 22.7 Å². The fourth-order valence-corrected chi connectivity index (χ4v) is 3.40. The Morgan fingerprint density at radius 2 is 2.16 bits per heavy atom. The molecular weight excluding hydrogens is 408 g/mol. The van der Waals surface area contributed by atoms with Gasteiger partial charge in [0.2, 0.25) is 5.91 Å². The fourth-order valence-electron chi connectivity index (χ4n) is 3.40. The van der Waals surface area contributed by atoms with E-state index in [4.69, 9.17) is 15.7 Å². The number of fused-ring (bicyclic) bond motifs is 1. The number of nitrogens with zero attached hydrogens (tertiary/aromatic N) is 3. The molecule has 2 aromatic rings. The molecular formula is C21H23F2N5O3. The van der Waals surface area contributed by atoms with Gasteiger partial charge in [0.15, 0.2) is 0 Å². The minimum absolute atomic E-state index is 0.272. The van der Waals surface area contributed by atoms with Gasteiger partial charge in [-0.15, -0.1) is 0 Å². The maximum atomic E-state index is 13.5. The standard InChI is InChI=1S/C21H23F2N5O3/c22-21(23)10-14(11-25)28(13-21)19(29)12-27-20(30)16-5-7-26-18-4-3-15(9-17(16)18)31-8-2-1-6-24/h3-5,7,9,14H,1-2,6,8,10,12-13,24H2,(H,27,30). The first-order valence-corrected chi connectivity index (χ1v) is 9.91. The molecule has 1 saturated heterocycles. The van der Waals surface area contributed by atoms with E-state index in [2.05, 4.69) is 10.3 Å². The Bertz CT molecular complexity index is 1010. The van der Waals surface area contributed by atoms with Gasteiger partial charge in [-0.2, -0.15) is 5.26 Å². The van der Waals surface area contributed by atoms with Crippen molar-refractivity contribution in [3.63, 3.8) is 0 Å². The highest BCUT2D eigenvalue weighted by molar-refractivity contribution is 6.07. The van der Waals surface area contributed by atoms with Gasteiger partial charge in [0.05, 0.1) is 36.8 Å². The third-order valence-corrected chi connectivity index (χ3v) is 4.96. The topological polar surface area (TPSA) is 121 Å². The highest BCUT2D eigenvalue weighted by Gasteiger charge is 2.47. The molecule has 3 N–H and O–H groups in total. The number of ether oxygens (including phenoxy) is 1. The van der Waals surface area contributed by atoms with Crippen LogP contribution in [0.15, 0.2) is 30.5 Å². The number of alkyl halides is 2. The molecule has 1 atom stereocenters. The zero-order chi connectivity index (χ0) is 22.4. The Morgan fingerprint density at radius 1 is 1.35 bits per heavy atom. The summed E-state index contributed by atoms with van der Waals surface area (Å²) >= 11 is 0. The summed E-state index contributed by atoms with van der Waals surface area (Å²) in [6.07, 6.45) is 2.41. The monoisotopic (exact) mass is 431 g/mol. The van der Waals surface area contributed by atoms with Gasteiger partial charge in [0, 0.05) is 18.0 Å². The Labute approximate surface area is 178 Å². The number of halogens is 2. The van der Waals surface area contributed by atoms with Gasteiger partial charge in [0.25, 0.3) is 11.8 Å². The summed E-state index contributed by atoms with van der Waals surface area (Å²) in [7, 11) is 0. The molecule has 2 heterocycles. The molecule has 10 heteroatoms. The Balaban J connectivity index is 1.69. The zero-order valence-corrected chi connectivity index (χ0v) is 16.8. The first-order valence-electron chi connectivity index (χ1n) is 9.91. The molecule has 0 radical (unpaired) electrons. The number of hydrogen-bond donors (Lipinski definition) is 2. The summed E-state index contributed by atoms with van der Waals surface area (Å²) in [5.74, 6) is -3.83. The number of amides is 2. The lowest BCUT2D eigenvalue weighted by molar-refractivity contribution is -0.131. The predicted octanol–water partition coefficient (Wildman–Crippen LogP) is 1.84. The largest absolute Gasteiger partial charge is 0.494 e. The van der Waals surface area contributed by atoms with E-state index in [1.165, 1.54) is 12.3 Å². The van der Waals surface area contributed by atoms with Crippen molar-refractivity contribution in [1.29, 1.82) is 5.26 Å². The van der Waals surface area contributed by atoms with Crippen molar-refractivity contribution in [1.82, 2.24) is 15.2 Å². The first kappa shape index (κ1) is 22.4. The van der Waals surface area contributed by atoms with Gasteiger partial charge in [-0.05, 0) is 43.7 Å². The van der Waals surface area contributed by atoms with Crippen LogP contribution in [0.1, 0.15) is 29.6 Å². The van der Waals surface area contributed by atoms with E-state index < -0.39 is 43.3 Å². The molecule has 8 nitrogen and oxygen atoms in total. The second kappa shape index (κ2) is 9.66. The quantitative estimate of drug-likeness (QED) is 0.615. The molecule has 2 amide bonds. The minimum Gasteiger partial charge on any atom is -0.494 e. The van der Waals surface area contributed by atoms with Crippen LogP contribution in [0.4, 0.5) is 8.78 Å². The van der Waals surface area contributed by atoms with E-state index in [0.717, 1.165) is 17.7 Å². The number of nitriles is 1. The zero-order valence-electron chi connectivity index (χ0n) is 16.8. The van der Waals surface area contributed by atoms with Gasteiger partial charge in [-0.25, -0.2) is 8.78 Å². The third-order valence-electron chi connectivity index (χ3n) is 4.96. The van der Waals surface area contributed by atoms with Crippen LogP contribution >= 0.6 is 0 Å². The van der Waals surface area contributed by atoms with Crippen LogP contribution in [-0.4, -0.2) is 59.9 Å². The number of carbonyl (C=O) groups excluding carboxylic acids is 2. The molecule has 0 aliphatic carbocycles. The molecule has 0 spiro atoms. The van der Waals surface area contributed by atoms with Crippen molar-refractivity contribution in [2.45, 2.75) is 31.2 Å². The number of nitrogens with one attached hydrogen (secondary N) is 1. The van der Waals surface area contributed by atoms with Gasteiger partial charge in [-0.3, -0.25) is 14.6 Å². The van der Waals surface area contributed by atoms with E-state index in [9.17, 15) is 18.4 Å². The molecule has 0 bridgehead atoms. The SMILES string of the molecule is N#CC1CC(F)(F)CN1C(=O)CNC(=O)c1ccnc2ccc(OCCCCN)cc12. The number of likely N-dealkylation sites (tertiary alicyclic amines) is 1. The second-order valence-electron chi connectivity index (χ2n) is 7.29. The number of rotatable bonds is 8. The fraction of sp³-hybridized carbons (Fsp3) is 0.429. The summed E-state index contributed by atoms with van der Waals surface area (Å²) < 4.78 is 32.8. The molecule has 31 heavy (non-hydrogen) atoms. The van der Waals surface area contributed by atoms with Crippen LogP contribution in [0.5, 0.6) is 5.75 Å². The molecule has 1 aliphatic heterocycles. The van der Waals surface area contributed by atoms with Gasteiger partial charge >= 0.3 is 0 Å². The Morgan fingerprint density at radius 3 is 2.90 bits per heavy atom. The minimum atomic E-state index is -3.11. The van der Waals surface area contributed by atoms with Crippen molar-refractivity contribution < 1.29 is 23.1 Å². The van der Waals surface area contributed by atoms with Crippen molar-refractivity contribution in [3.05, 3.63) is 36.0 Å². The number of benzene rings is 1. The highest BCUT2D eigenvalue weighted by atomic mass is 19.3. The lowest BCUT2D eigenvalue weighted by atomic mass is 10.1. The maximum absolute atomic E-state index is 13.5. The Kier molecular flexibility index (Phi) is 6.97. The predicted molar refractivity (Wildman–Crippen MR) is 109 cm³/mol.